The fraction of sp³-hybridized carbons (Fsp3) is 0.409. The number of carbonyl (C=O) groups is 2. The van der Waals surface area contributed by atoms with Crippen LogP contribution in [0.5, 0.6) is 5.75 Å². The standard InChI is InChI=1S/C22H29NO4Si/c1-7-26-21(25)17-11-12-23-19(15-17)20(24)14-16-9-8-10-18(13-16)27-28(5,6)22(2,3)4/h8-13,15H,7,14H2,1-6H3. The lowest BCUT2D eigenvalue weighted by Crippen LogP contribution is -2.43. The minimum absolute atomic E-state index is 0.0935. The molecule has 2 aromatic rings. The van der Waals surface area contributed by atoms with Gasteiger partial charge in [-0.3, -0.25) is 9.78 Å². The van der Waals surface area contributed by atoms with Crippen LogP contribution in [0, 0.1) is 0 Å². The summed E-state index contributed by atoms with van der Waals surface area (Å²) in [4.78, 5) is 28.6. The van der Waals surface area contributed by atoms with Crippen molar-refractivity contribution in [2.24, 2.45) is 0 Å². The molecule has 150 valence electrons. The summed E-state index contributed by atoms with van der Waals surface area (Å²) in [5.74, 6) is 0.171. The van der Waals surface area contributed by atoms with Gasteiger partial charge in [-0.15, -0.1) is 0 Å². The van der Waals surface area contributed by atoms with E-state index in [1.54, 1.807) is 13.0 Å². The lowest BCUT2D eigenvalue weighted by Gasteiger charge is -2.36. The second-order valence-electron chi connectivity index (χ2n) is 8.26. The zero-order chi connectivity index (χ0) is 20.9. The average molecular weight is 400 g/mol. The topological polar surface area (TPSA) is 65.5 Å². The van der Waals surface area contributed by atoms with Crippen molar-refractivity contribution in [1.82, 2.24) is 4.98 Å². The van der Waals surface area contributed by atoms with E-state index in [9.17, 15) is 9.59 Å². The van der Waals surface area contributed by atoms with Gasteiger partial charge in [-0.1, -0.05) is 32.9 Å². The second kappa shape index (κ2) is 8.69. The molecule has 0 aliphatic carbocycles. The van der Waals surface area contributed by atoms with E-state index in [2.05, 4.69) is 38.8 Å². The van der Waals surface area contributed by atoms with E-state index < -0.39 is 14.3 Å². The third-order valence-corrected chi connectivity index (χ3v) is 9.36. The third kappa shape index (κ3) is 5.52. The number of benzene rings is 1. The first kappa shape index (κ1) is 21.8. The van der Waals surface area contributed by atoms with Gasteiger partial charge in [-0.2, -0.15) is 0 Å². The molecular weight excluding hydrogens is 370 g/mol. The van der Waals surface area contributed by atoms with Crippen LogP contribution in [0.3, 0.4) is 0 Å². The van der Waals surface area contributed by atoms with Crippen LogP contribution >= 0.6 is 0 Å². The lowest BCUT2D eigenvalue weighted by molar-refractivity contribution is 0.0526. The molecule has 0 N–H and O–H groups in total. The number of esters is 1. The van der Waals surface area contributed by atoms with Crippen molar-refractivity contribution in [3.8, 4) is 5.75 Å². The molecule has 0 aliphatic rings. The molecule has 0 radical (unpaired) electrons. The molecule has 0 saturated heterocycles. The van der Waals surface area contributed by atoms with Crippen LogP contribution in [0.15, 0.2) is 42.6 Å². The van der Waals surface area contributed by atoms with Gasteiger partial charge >= 0.3 is 5.97 Å². The minimum Gasteiger partial charge on any atom is -0.543 e. The molecule has 6 heteroatoms. The zero-order valence-corrected chi connectivity index (χ0v) is 18.5. The molecule has 0 amide bonds. The zero-order valence-electron chi connectivity index (χ0n) is 17.5. The Morgan fingerprint density at radius 1 is 1.11 bits per heavy atom. The fourth-order valence-electron chi connectivity index (χ4n) is 2.37. The van der Waals surface area contributed by atoms with Crippen molar-refractivity contribution in [2.75, 3.05) is 6.61 Å². The number of ketones is 1. The Kier molecular flexibility index (Phi) is 6.77. The average Bonchev–Trinajstić information content (AvgIpc) is 2.61. The van der Waals surface area contributed by atoms with Gasteiger partial charge in [-0.05, 0) is 54.9 Å². The molecule has 0 unspecified atom stereocenters. The molecule has 0 bridgehead atoms. The van der Waals surface area contributed by atoms with E-state index in [-0.39, 0.29) is 29.5 Å². The SMILES string of the molecule is CCOC(=O)c1ccnc(C(=O)Cc2cccc(O[Si](C)(C)C(C)(C)C)c2)c1. The van der Waals surface area contributed by atoms with Crippen LogP contribution in [0.2, 0.25) is 18.1 Å². The van der Waals surface area contributed by atoms with Gasteiger partial charge in [0.15, 0.2) is 5.78 Å². The third-order valence-electron chi connectivity index (χ3n) is 5.00. The Bertz CT molecular complexity index is 856. The number of carbonyl (C=O) groups excluding carboxylic acids is 2. The van der Waals surface area contributed by atoms with Crippen LogP contribution in [0.25, 0.3) is 0 Å². The molecule has 0 atom stereocenters. The Morgan fingerprint density at radius 2 is 1.82 bits per heavy atom. The summed E-state index contributed by atoms with van der Waals surface area (Å²) >= 11 is 0. The van der Waals surface area contributed by atoms with Crippen LogP contribution < -0.4 is 4.43 Å². The fourth-order valence-corrected chi connectivity index (χ4v) is 3.39. The van der Waals surface area contributed by atoms with E-state index in [1.165, 1.54) is 12.3 Å². The first-order chi connectivity index (χ1) is 13.0. The summed E-state index contributed by atoms with van der Waals surface area (Å²) < 4.78 is 11.3. The minimum atomic E-state index is -1.95. The molecule has 0 fully saturated rings. The summed E-state index contributed by atoms with van der Waals surface area (Å²) in [6.45, 7) is 13.0. The number of hydrogen-bond donors (Lipinski definition) is 0. The molecule has 1 aromatic heterocycles. The van der Waals surface area contributed by atoms with E-state index >= 15 is 0 Å². The molecule has 2 rings (SSSR count). The predicted octanol–water partition coefficient (Wildman–Crippen LogP) is 5.07. The van der Waals surface area contributed by atoms with Gasteiger partial charge in [0.2, 0.25) is 8.32 Å². The van der Waals surface area contributed by atoms with Gasteiger partial charge in [0.05, 0.1) is 12.2 Å². The van der Waals surface area contributed by atoms with Crippen LogP contribution in [0.4, 0.5) is 0 Å². The molecule has 0 aliphatic heterocycles. The van der Waals surface area contributed by atoms with Crippen molar-refractivity contribution in [3.63, 3.8) is 0 Å². The molecular formula is C22H29NO4Si. The number of hydrogen-bond acceptors (Lipinski definition) is 5. The number of rotatable bonds is 7. The molecule has 1 aromatic carbocycles. The highest BCUT2D eigenvalue weighted by atomic mass is 28.4. The highest BCUT2D eigenvalue weighted by Gasteiger charge is 2.38. The van der Waals surface area contributed by atoms with Crippen LogP contribution in [-0.2, 0) is 11.2 Å². The summed E-state index contributed by atoms with van der Waals surface area (Å²) in [6.07, 6.45) is 1.64. The predicted molar refractivity (Wildman–Crippen MR) is 112 cm³/mol. The van der Waals surface area contributed by atoms with Gasteiger partial charge in [-0.25, -0.2) is 4.79 Å². The molecule has 1 heterocycles. The van der Waals surface area contributed by atoms with Gasteiger partial charge in [0, 0.05) is 12.6 Å². The van der Waals surface area contributed by atoms with Crippen molar-refractivity contribution >= 4 is 20.1 Å². The Labute approximate surface area is 168 Å². The van der Waals surface area contributed by atoms with E-state index in [0.29, 0.717) is 5.56 Å². The summed E-state index contributed by atoms with van der Waals surface area (Å²) in [7, 11) is -1.95. The Hall–Kier alpha value is -2.47. The number of pyridine rings is 1. The Morgan fingerprint density at radius 3 is 2.46 bits per heavy atom. The number of aromatic nitrogens is 1. The molecule has 28 heavy (non-hydrogen) atoms. The van der Waals surface area contributed by atoms with Gasteiger partial charge < -0.3 is 9.16 Å². The highest BCUT2D eigenvalue weighted by Crippen LogP contribution is 2.37. The maximum atomic E-state index is 12.7. The normalized spacial score (nSPS) is 11.8. The quantitative estimate of drug-likeness (QED) is 0.369. The second-order valence-corrected chi connectivity index (χ2v) is 13.0. The first-order valence-electron chi connectivity index (χ1n) is 9.48. The molecule has 0 saturated carbocycles. The monoisotopic (exact) mass is 399 g/mol. The van der Waals surface area contributed by atoms with Gasteiger partial charge in [0.25, 0.3) is 0 Å². The molecule has 5 nitrogen and oxygen atoms in total. The smallest absolute Gasteiger partial charge is 0.338 e. The first-order valence-corrected chi connectivity index (χ1v) is 12.4. The van der Waals surface area contributed by atoms with Crippen molar-refractivity contribution in [2.45, 2.75) is 52.2 Å². The lowest BCUT2D eigenvalue weighted by atomic mass is 10.1. The van der Waals surface area contributed by atoms with E-state index in [1.807, 2.05) is 24.3 Å². The summed E-state index contributed by atoms with van der Waals surface area (Å²) in [5, 5.41) is 0.0935. The van der Waals surface area contributed by atoms with Crippen molar-refractivity contribution in [1.29, 1.82) is 0 Å². The molecule has 0 spiro atoms. The van der Waals surface area contributed by atoms with Gasteiger partial charge in [0.1, 0.15) is 11.4 Å². The largest absolute Gasteiger partial charge is 0.543 e. The maximum absolute atomic E-state index is 12.7. The van der Waals surface area contributed by atoms with Crippen LogP contribution in [0.1, 0.15) is 54.1 Å². The van der Waals surface area contributed by atoms with E-state index in [4.69, 9.17) is 9.16 Å². The maximum Gasteiger partial charge on any atom is 0.338 e. The summed E-state index contributed by atoms with van der Waals surface area (Å²) in [6, 6.07) is 10.7. The van der Waals surface area contributed by atoms with Crippen molar-refractivity contribution in [3.05, 3.63) is 59.4 Å². The summed E-state index contributed by atoms with van der Waals surface area (Å²) in [5.41, 5.74) is 1.43. The Balaban J connectivity index is 2.15. The number of nitrogens with zero attached hydrogens (tertiary/aromatic N) is 1. The van der Waals surface area contributed by atoms with Crippen LogP contribution in [-0.4, -0.2) is 31.7 Å². The van der Waals surface area contributed by atoms with Crippen molar-refractivity contribution < 1.29 is 18.8 Å². The highest BCUT2D eigenvalue weighted by molar-refractivity contribution is 6.74. The van der Waals surface area contributed by atoms with E-state index in [0.717, 1.165) is 11.3 Å². The number of ether oxygens (including phenoxy) is 1. The number of Topliss-reactive ketones (excluding diaryl/α,β-unsaturated/α-hetero) is 1.